The van der Waals surface area contributed by atoms with Gasteiger partial charge in [0.1, 0.15) is 24.4 Å². The van der Waals surface area contributed by atoms with Gasteiger partial charge in [0.25, 0.3) is 0 Å². The molecule has 0 aromatic heterocycles. The normalized spacial score (nSPS) is 17.8. The van der Waals surface area contributed by atoms with Gasteiger partial charge in [-0.05, 0) is 64.2 Å². The number of unbranched alkanes of at least 4 members (excludes halogenated alkanes) is 52. The van der Waals surface area contributed by atoms with Crippen LogP contribution in [-0.4, -0.2) is 100 Å². The Morgan fingerprint density at radius 3 is 1.12 bits per heavy atom. The van der Waals surface area contributed by atoms with Gasteiger partial charge in [-0.25, -0.2) is 0 Å². The van der Waals surface area contributed by atoms with E-state index in [2.05, 4.69) is 43.5 Å². The molecule has 0 spiro atoms. The SMILES string of the molecule is CCCCCCCCC/C=C/C(O)C(COC1OC(CO)C(O)C(O)C1O)NC(=O)CCCCCCCCCCCCCCCCCCC/C=C\C/C=C\CCCCCCCCCCCCCCCCCOC(=O)CCCCCCCCCCCCCCCC. The van der Waals surface area contributed by atoms with Crippen LogP contribution in [0, 0.1) is 0 Å². The van der Waals surface area contributed by atoms with Crippen molar-refractivity contribution >= 4 is 11.9 Å². The van der Waals surface area contributed by atoms with E-state index in [9.17, 15) is 35.1 Å². The van der Waals surface area contributed by atoms with Crippen molar-refractivity contribution in [3.8, 4) is 0 Å². The third kappa shape index (κ3) is 56.2. The van der Waals surface area contributed by atoms with E-state index in [1.54, 1.807) is 6.08 Å². The number of aliphatic hydroxyl groups excluding tert-OH is 5. The summed E-state index contributed by atoms with van der Waals surface area (Å²) in [6.07, 6.45) is 79.1. The Morgan fingerprint density at radius 2 is 0.744 bits per heavy atom. The summed E-state index contributed by atoms with van der Waals surface area (Å²) >= 11 is 0. The van der Waals surface area contributed by atoms with E-state index in [-0.39, 0.29) is 18.5 Å². The van der Waals surface area contributed by atoms with Gasteiger partial charge in [-0.3, -0.25) is 9.59 Å². The Bertz CT molecular complexity index is 1590. The molecule has 1 aliphatic rings. The van der Waals surface area contributed by atoms with Gasteiger partial charge in [0.05, 0.1) is 32.0 Å². The third-order valence-electron chi connectivity index (χ3n) is 18.7. The molecule has 1 amide bonds. The number of esters is 1. The first kappa shape index (κ1) is 85.9. The van der Waals surface area contributed by atoms with Gasteiger partial charge in [0, 0.05) is 12.8 Å². The zero-order valence-corrected chi connectivity index (χ0v) is 59.1. The first-order chi connectivity index (χ1) is 44.2. The van der Waals surface area contributed by atoms with Crippen LogP contribution in [0.25, 0.3) is 0 Å². The Kier molecular flexibility index (Phi) is 65.2. The summed E-state index contributed by atoms with van der Waals surface area (Å²) in [6.45, 7) is 4.36. The van der Waals surface area contributed by atoms with Gasteiger partial charge < -0.3 is 45.1 Å². The molecule has 0 bridgehead atoms. The van der Waals surface area contributed by atoms with E-state index in [1.807, 2.05) is 6.08 Å². The van der Waals surface area contributed by atoms with Crippen molar-refractivity contribution in [3.63, 3.8) is 0 Å². The summed E-state index contributed by atoms with van der Waals surface area (Å²) in [5, 5.41) is 54.3. The van der Waals surface area contributed by atoms with Gasteiger partial charge in [0.2, 0.25) is 5.91 Å². The highest BCUT2D eigenvalue weighted by molar-refractivity contribution is 5.76. The van der Waals surface area contributed by atoms with Crippen LogP contribution >= 0.6 is 0 Å². The lowest BCUT2D eigenvalue weighted by Crippen LogP contribution is -2.60. The second kappa shape index (κ2) is 68.3. The van der Waals surface area contributed by atoms with Crippen LogP contribution in [0.2, 0.25) is 0 Å². The molecule has 0 aliphatic carbocycles. The molecule has 7 atom stereocenters. The van der Waals surface area contributed by atoms with Gasteiger partial charge in [-0.1, -0.05) is 352 Å². The van der Waals surface area contributed by atoms with Crippen LogP contribution in [0.5, 0.6) is 0 Å². The van der Waals surface area contributed by atoms with Crippen molar-refractivity contribution < 1.29 is 49.3 Å². The second-order valence-electron chi connectivity index (χ2n) is 27.4. The summed E-state index contributed by atoms with van der Waals surface area (Å²) < 4.78 is 16.7. The molecular formula is C79H149NO10. The van der Waals surface area contributed by atoms with E-state index in [1.165, 1.54) is 308 Å². The van der Waals surface area contributed by atoms with Gasteiger partial charge in [0.15, 0.2) is 6.29 Å². The molecule has 7 unspecified atom stereocenters. The summed E-state index contributed by atoms with van der Waals surface area (Å²) in [6, 6.07) is -0.806. The van der Waals surface area contributed by atoms with Crippen molar-refractivity contribution in [1.29, 1.82) is 0 Å². The number of ether oxygens (including phenoxy) is 3. The molecule has 0 aromatic rings. The van der Waals surface area contributed by atoms with Crippen molar-refractivity contribution in [2.75, 3.05) is 19.8 Å². The van der Waals surface area contributed by atoms with Crippen LogP contribution in [-0.2, 0) is 23.8 Å². The first-order valence-corrected chi connectivity index (χ1v) is 39.3. The Hall–Kier alpha value is -2.12. The lowest BCUT2D eigenvalue weighted by molar-refractivity contribution is -0.302. The fourth-order valence-corrected chi connectivity index (χ4v) is 12.6. The molecule has 11 heteroatoms. The fraction of sp³-hybridized carbons (Fsp3) is 0.899. The molecule has 1 heterocycles. The molecule has 1 saturated heterocycles. The molecule has 11 nitrogen and oxygen atoms in total. The van der Waals surface area contributed by atoms with Crippen LogP contribution < -0.4 is 5.32 Å². The standard InChI is InChI=1S/C79H149NO10/c1-3-5-7-9-11-13-14-15-44-47-51-55-59-63-67-75(84)88-68-64-60-56-52-48-45-42-40-38-36-34-32-30-28-26-24-22-20-18-16-17-19-21-23-25-27-29-31-33-35-37-39-41-43-46-50-54-58-62-66-74(83)80-71(72(82)65-61-57-53-49-12-10-8-6-4-2)70-89-79-78(87)77(86)76(85)73(69-81)90-79/h16-17,20,22,61,65,71-73,76-79,81-82,85-87H,3-15,18-19,21,23-60,62-64,66-70H2,1-2H3,(H,80,83)/b17-16-,22-20-,65-61+. The number of rotatable bonds is 70. The number of aliphatic hydroxyl groups is 5. The lowest BCUT2D eigenvalue weighted by Gasteiger charge is -2.40. The highest BCUT2D eigenvalue weighted by Gasteiger charge is 2.44. The van der Waals surface area contributed by atoms with E-state index in [0.717, 1.165) is 57.8 Å². The minimum atomic E-state index is -1.57. The molecule has 530 valence electrons. The zero-order chi connectivity index (χ0) is 65.1. The van der Waals surface area contributed by atoms with Crippen LogP contribution in [0.3, 0.4) is 0 Å². The smallest absolute Gasteiger partial charge is 0.305 e. The van der Waals surface area contributed by atoms with Gasteiger partial charge >= 0.3 is 5.97 Å². The highest BCUT2D eigenvalue weighted by atomic mass is 16.7. The predicted octanol–water partition coefficient (Wildman–Crippen LogP) is 20.9. The van der Waals surface area contributed by atoms with E-state index < -0.39 is 49.5 Å². The molecule has 1 fully saturated rings. The maximum absolute atomic E-state index is 13.0. The lowest BCUT2D eigenvalue weighted by atomic mass is 9.99. The second-order valence-corrected chi connectivity index (χ2v) is 27.4. The highest BCUT2D eigenvalue weighted by Crippen LogP contribution is 2.24. The number of hydrogen-bond acceptors (Lipinski definition) is 10. The molecular weight excluding hydrogens is 1120 g/mol. The molecule has 1 aliphatic heterocycles. The van der Waals surface area contributed by atoms with Gasteiger partial charge in [-0.2, -0.15) is 0 Å². The molecule has 0 radical (unpaired) electrons. The number of allylic oxidation sites excluding steroid dienone is 5. The van der Waals surface area contributed by atoms with E-state index in [4.69, 9.17) is 14.2 Å². The largest absolute Gasteiger partial charge is 0.466 e. The van der Waals surface area contributed by atoms with Crippen LogP contribution in [0.15, 0.2) is 36.5 Å². The van der Waals surface area contributed by atoms with Crippen LogP contribution in [0.1, 0.15) is 393 Å². The van der Waals surface area contributed by atoms with Crippen molar-refractivity contribution in [2.24, 2.45) is 0 Å². The van der Waals surface area contributed by atoms with Crippen molar-refractivity contribution in [1.82, 2.24) is 5.32 Å². The zero-order valence-electron chi connectivity index (χ0n) is 59.1. The molecule has 1 rings (SSSR count). The molecule has 0 saturated carbocycles. The summed E-state index contributed by atoms with van der Waals surface area (Å²) in [5.74, 6) is -0.162. The number of amides is 1. The number of hydrogen-bond donors (Lipinski definition) is 6. The monoisotopic (exact) mass is 1270 g/mol. The van der Waals surface area contributed by atoms with E-state index >= 15 is 0 Å². The molecule has 90 heavy (non-hydrogen) atoms. The predicted molar refractivity (Wildman–Crippen MR) is 380 cm³/mol. The van der Waals surface area contributed by atoms with E-state index in [0.29, 0.717) is 19.4 Å². The Balaban J connectivity index is 1.87. The number of nitrogens with one attached hydrogen (secondary N) is 1. The van der Waals surface area contributed by atoms with Gasteiger partial charge in [-0.15, -0.1) is 0 Å². The van der Waals surface area contributed by atoms with Crippen molar-refractivity contribution in [2.45, 2.75) is 436 Å². The molecule has 6 N–H and O–H groups in total. The topological polar surface area (TPSA) is 175 Å². The third-order valence-corrected chi connectivity index (χ3v) is 18.7. The average molecular weight is 1270 g/mol. The first-order valence-electron chi connectivity index (χ1n) is 39.3. The van der Waals surface area contributed by atoms with Crippen molar-refractivity contribution in [3.05, 3.63) is 36.5 Å². The minimum absolute atomic E-state index is 0.0174. The summed E-state index contributed by atoms with van der Waals surface area (Å²) in [5.41, 5.74) is 0. The maximum Gasteiger partial charge on any atom is 0.305 e. The minimum Gasteiger partial charge on any atom is -0.466 e. The molecule has 0 aromatic carbocycles. The Labute approximate surface area is 555 Å². The summed E-state index contributed by atoms with van der Waals surface area (Å²) in [7, 11) is 0. The Morgan fingerprint density at radius 1 is 0.411 bits per heavy atom. The summed E-state index contributed by atoms with van der Waals surface area (Å²) in [4.78, 5) is 25.1. The maximum atomic E-state index is 13.0. The van der Waals surface area contributed by atoms with Crippen LogP contribution in [0.4, 0.5) is 0 Å². The fourth-order valence-electron chi connectivity index (χ4n) is 12.6. The quantitative estimate of drug-likeness (QED) is 0.0195. The average Bonchev–Trinajstić information content (AvgIpc) is 0.983. The number of carbonyl (C=O) groups excluding carboxylic acids is 2. The number of carbonyl (C=O) groups is 2.